The molecule has 114 valence electrons. The highest BCUT2D eigenvalue weighted by molar-refractivity contribution is 7.11. The van der Waals surface area contributed by atoms with Crippen LogP contribution in [-0.2, 0) is 13.2 Å². The van der Waals surface area contributed by atoms with Gasteiger partial charge in [-0.3, -0.25) is 0 Å². The summed E-state index contributed by atoms with van der Waals surface area (Å²) in [6.45, 7) is 7.52. The number of para-hydroxylation sites is 1. The van der Waals surface area contributed by atoms with Crippen LogP contribution in [0.4, 0.5) is 0 Å². The van der Waals surface area contributed by atoms with E-state index in [1.165, 1.54) is 0 Å². The Bertz CT molecular complexity index is 581. The number of methoxy groups -OCH3 is 1. The van der Waals surface area contributed by atoms with Crippen LogP contribution in [0.15, 0.2) is 24.4 Å². The summed E-state index contributed by atoms with van der Waals surface area (Å²) in [5.41, 5.74) is 1.10. The van der Waals surface area contributed by atoms with Gasteiger partial charge in [0, 0.05) is 24.3 Å². The minimum absolute atomic E-state index is 0.424. The van der Waals surface area contributed by atoms with Gasteiger partial charge in [0.25, 0.3) is 0 Å². The van der Waals surface area contributed by atoms with Crippen LogP contribution in [0.3, 0.4) is 0 Å². The number of rotatable bonds is 7. The van der Waals surface area contributed by atoms with Crippen molar-refractivity contribution in [3.63, 3.8) is 0 Å². The van der Waals surface area contributed by atoms with Gasteiger partial charge in [-0.15, -0.1) is 11.3 Å². The molecule has 0 bridgehead atoms. The minimum atomic E-state index is 0.424. The Morgan fingerprint density at radius 3 is 2.76 bits per heavy atom. The molecular weight excluding hydrogens is 284 g/mol. The second-order valence-corrected chi connectivity index (χ2v) is 6.44. The summed E-state index contributed by atoms with van der Waals surface area (Å²) in [4.78, 5) is 5.36. The summed E-state index contributed by atoms with van der Waals surface area (Å²) in [7, 11) is 1.67. The summed E-state index contributed by atoms with van der Waals surface area (Å²) in [5.74, 6) is 1.57. The van der Waals surface area contributed by atoms with Crippen LogP contribution in [0.25, 0.3) is 0 Å². The lowest BCUT2D eigenvalue weighted by Gasteiger charge is -2.16. The first-order chi connectivity index (χ1) is 10.1. The molecule has 0 aliphatic rings. The number of hydrogen-bond donors (Lipinski definition) is 1. The largest absolute Gasteiger partial charge is 0.493 e. The van der Waals surface area contributed by atoms with Crippen LogP contribution in [0, 0.1) is 6.92 Å². The first-order valence-corrected chi connectivity index (χ1v) is 7.85. The molecule has 0 unspecified atom stereocenters. The van der Waals surface area contributed by atoms with Gasteiger partial charge in [0.2, 0.25) is 0 Å². The number of hydrogen-bond acceptors (Lipinski definition) is 5. The fraction of sp³-hybridized carbons (Fsp3) is 0.438. The van der Waals surface area contributed by atoms with E-state index in [1.807, 2.05) is 25.3 Å². The van der Waals surface area contributed by atoms with Gasteiger partial charge < -0.3 is 14.8 Å². The van der Waals surface area contributed by atoms with Crippen LogP contribution in [0.2, 0.25) is 0 Å². The van der Waals surface area contributed by atoms with E-state index in [2.05, 4.69) is 30.2 Å². The molecular formula is C16H22N2O2S. The van der Waals surface area contributed by atoms with Crippen molar-refractivity contribution >= 4 is 11.3 Å². The molecule has 0 amide bonds. The van der Waals surface area contributed by atoms with Gasteiger partial charge in [-0.1, -0.05) is 26.0 Å². The Hall–Kier alpha value is -1.59. The van der Waals surface area contributed by atoms with Crippen molar-refractivity contribution in [1.82, 2.24) is 10.3 Å². The fourth-order valence-corrected chi connectivity index (χ4v) is 2.66. The monoisotopic (exact) mass is 306 g/mol. The second-order valence-electron chi connectivity index (χ2n) is 5.12. The van der Waals surface area contributed by atoms with Gasteiger partial charge in [0.05, 0.1) is 17.0 Å². The van der Waals surface area contributed by atoms with Gasteiger partial charge >= 0.3 is 0 Å². The van der Waals surface area contributed by atoms with Crippen LogP contribution in [0.5, 0.6) is 11.5 Å². The van der Waals surface area contributed by atoms with Crippen molar-refractivity contribution in [2.45, 2.75) is 40.0 Å². The molecule has 1 N–H and O–H groups in total. The molecule has 4 nitrogen and oxygen atoms in total. The number of benzene rings is 1. The minimum Gasteiger partial charge on any atom is -0.493 e. The fourth-order valence-electron chi connectivity index (χ4n) is 1.95. The highest BCUT2D eigenvalue weighted by atomic mass is 32.1. The van der Waals surface area contributed by atoms with Gasteiger partial charge in [-0.2, -0.15) is 0 Å². The molecule has 0 spiro atoms. The molecule has 0 saturated carbocycles. The summed E-state index contributed by atoms with van der Waals surface area (Å²) in [5, 5.41) is 4.46. The lowest BCUT2D eigenvalue weighted by molar-refractivity contribution is 0.283. The maximum atomic E-state index is 6.00. The lowest BCUT2D eigenvalue weighted by Crippen LogP contribution is -2.22. The van der Waals surface area contributed by atoms with E-state index in [1.54, 1.807) is 18.4 Å². The Labute approximate surface area is 130 Å². The van der Waals surface area contributed by atoms with Crippen molar-refractivity contribution in [1.29, 1.82) is 0 Å². The predicted molar refractivity (Wildman–Crippen MR) is 86.2 cm³/mol. The van der Waals surface area contributed by atoms with Crippen LogP contribution >= 0.6 is 11.3 Å². The Morgan fingerprint density at radius 1 is 1.33 bits per heavy atom. The average molecular weight is 306 g/mol. The van der Waals surface area contributed by atoms with E-state index in [9.17, 15) is 0 Å². The first kappa shape index (κ1) is 15.8. The molecule has 0 saturated heterocycles. The van der Waals surface area contributed by atoms with E-state index in [0.717, 1.165) is 33.5 Å². The first-order valence-electron chi connectivity index (χ1n) is 7.03. The van der Waals surface area contributed by atoms with E-state index in [4.69, 9.17) is 9.47 Å². The molecule has 0 fully saturated rings. The van der Waals surface area contributed by atoms with Crippen molar-refractivity contribution in [3.05, 3.63) is 39.8 Å². The second kappa shape index (κ2) is 7.43. The molecule has 21 heavy (non-hydrogen) atoms. The number of aromatic nitrogens is 1. The van der Waals surface area contributed by atoms with Crippen LogP contribution < -0.4 is 14.8 Å². The third kappa shape index (κ3) is 4.44. The number of nitrogens with one attached hydrogen (secondary N) is 1. The van der Waals surface area contributed by atoms with Crippen molar-refractivity contribution in [3.8, 4) is 11.5 Å². The summed E-state index contributed by atoms with van der Waals surface area (Å²) in [6, 6.07) is 6.39. The molecule has 0 aliphatic carbocycles. The predicted octanol–water partition coefficient (Wildman–Crippen LogP) is 3.54. The highest BCUT2D eigenvalue weighted by Gasteiger charge is 2.11. The zero-order chi connectivity index (χ0) is 15.2. The Morgan fingerprint density at radius 2 is 2.14 bits per heavy atom. The average Bonchev–Trinajstić information content (AvgIpc) is 2.88. The summed E-state index contributed by atoms with van der Waals surface area (Å²) in [6.07, 6.45) is 1.86. The molecule has 0 atom stereocenters. The molecule has 1 heterocycles. The van der Waals surface area contributed by atoms with E-state index in [0.29, 0.717) is 12.6 Å². The van der Waals surface area contributed by atoms with Gasteiger partial charge in [0.15, 0.2) is 11.5 Å². The summed E-state index contributed by atoms with van der Waals surface area (Å²) < 4.78 is 11.4. The van der Waals surface area contributed by atoms with Crippen LogP contribution in [-0.4, -0.2) is 18.1 Å². The zero-order valence-electron chi connectivity index (χ0n) is 13.0. The standard InChI is InChI=1S/C16H22N2O2S/c1-11(2)17-8-13-6-5-7-15(19-4)16(13)20-10-14-9-18-12(3)21-14/h5-7,9,11,17H,8,10H2,1-4H3. The van der Waals surface area contributed by atoms with Crippen molar-refractivity contribution in [2.75, 3.05) is 7.11 Å². The van der Waals surface area contributed by atoms with Crippen molar-refractivity contribution in [2.24, 2.45) is 0 Å². The van der Waals surface area contributed by atoms with Gasteiger partial charge in [0.1, 0.15) is 6.61 Å². The third-order valence-corrected chi connectivity index (χ3v) is 3.90. The Balaban J connectivity index is 2.14. The van der Waals surface area contributed by atoms with E-state index in [-0.39, 0.29) is 0 Å². The maximum Gasteiger partial charge on any atom is 0.166 e. The lowest BCUT2D eigenvalue weighted by atomic mass is 10.1. The SMILES string of the molecule is COc1cccc(CNC(C)C)c1OCc1cnc(C)s1. The normalized spacial score (nSPS) is 10.9. The summed E-state index contributed by atoms with van der Waals surface area (Å²) >= 11 is 1.65. The zero-order valence-corrected chi connectivity index (χ0v) is 13.8. The van der Waals surface area contributed by atoms with Gasteiger partial charge in [-0.05, 0) is 13.0 Å². The van der Waals surface area contributed by atoms with Gasteiger partial charge in [-0.25, -0.2) is 4.98 Å². The van der Waals surface area contributed by atoms with E-state index >= 15 is 0 Å². The van der Waals surface area contributed by atoms with Crippen LogP contribution in [0.1, 0.15) is 29.3 Å². The molecule has 0 radical (unpaired) electrons. The topological polar surface area (TPSA) is 43.4 Å². The number of nitrogens with zero attached hydrogens (tertiary/aromatic N) is 1. The maximum absolute atomic E-state index is 6.00. The molecule has 1 aromatic heterocycles. The molecule has 0 aliphatic heterocycles. The molecule has 1 aromatic carbocycles. The van der Waals surface area contributed by atoms with Crippen molar-refractivity contribution < 1.29 is 9.47 Å². The quantitative estimate of drug-likeness (QED) is 0.850. The molecule has 2 rings (SSSR count). The highest BCUT2D eigenvalue weighted by Crippen LogP contribution is 2.32. The Kier molecular flexibility index (Phi) is 5.59. The van der Waals surface area contributed by atoms with E-state index < -0.39 is 0 Å². The number of aryl methyl sites for hydroxylation is 1. The smallest absolute Gasteiger partial charge is 0.166 e. The number of ether oxygens (including phenoxy) is 2. The number of thiazole rings is 1. The molecule has 5 heteroatoms. The molecule has 2 aromatic rings. The third-order valence-electron chi connectivity index (χ3n) is 3.01.